The Balaban J connectivity index is 3.22. The second-order valence-electron chi connectivity index (χ2n) is 2.50. The summed E-state index contributed by atoms with van der Waals surface area (Å²) in [6, 6.07) is 4.57. The molecule has 0 bridgehead atoms. The average molecular weight is 248 g/mol. The van der Waals surface area contributed by atoms with E-state index in [1.807, 2.05) is 0 Å². The number of nitrogens with zero attached hydrogens (tertiary/aromatic N) is 1. The van der Waals surface area contributed by atoms with Gasteiger partial charge in [0.15, 0.2) is 5.78 Å². The SMILES string of the molecule is N#CCC(=O)c1c(Cl)cc(Cl)cc1Cl. The van der Waals surface area contributed by atoms with Gasteiger partial charge < -0.3 is 0 Å². The number of nitriles is 1. The van der Waals surface area contributed by atoms with E-state index >= 15 is 0 Å². The summed E-state index contributed by atoms with van der Waals surface area (Å²) < 4.78 is 0. The maximum Gasteiger partial charge on any atom is 0.179 e. The van der Waals surface area contributed by atoms with Crippen molar-refractivity contribution in [3.05, 3.63) is 32.8 Å². The first-order valence-corrected chi connectivity index (χ1v) is 4.74. The number of hydrogen-bond acceptors (Lipinski definition) is 2. The van der Waals surface area contributed by atoms with E-state index in [9.17, 15) is 4.79 Å². The Labute approximate surface area is 96.0 Å². The number of rotatable bonds is 2. The molecule has 0 aliphatic rings. The molecule has 0 N–H and O–H groups in total. The highest BCUT2D eigenvalue weighted by atomic mass is 35.5. The van der Waals surface area contributed by atoms with E-state index in [1.54, 1.807) is 6.07 Å². The molecule has 0 aliphatic heterocycles. The van der Waals surface area contributed by atoms with Gasteiger partial charge in [0.2, 0.25) is 0 Å². The largest absolute Gasteiger partial charge is 0.293 e. The fraction of sp³-hybridized carbons (Fsp3) is 0.111. The van der Waals surface area contributed by atoms with Crippen LogP contribution >= 0.6 is 34.8 Å². The standard InChI is InChI=1S/C9H4Cl3NO/c10-5-3-6(11)9(7(12)4-5)8(14)1-2-13/h3-4H,1H2. The predicted molar refractivity (Wildman–Crippen MR) is 56.0 cm³/mol. The van der Waals surface area contributed by atoms with E-state index in [0.29, 0.717) is 5.02 Å². The van der Waals surface area contributed by atoms with E-state index in [4.69, 9.17) is 40.1 Å². The van der Waals surface area contributed by atoms with Gasteiger partial charge in [-0.15, -0.1) is 0 Å². The smallest absolute Gasteiger partial charge is 0.179 e. The lowest BCUT2D eigenvalue weighted by molar-refractivity contribution is 0.0998. The highest BCUT2D eigenvalue weighted by Crippen LogP contribution is 2.29. The van der Waals surface area contributed by atoms with Crippen molar-refractivity contribution >= 4 is 40.6 Å². The summed E-state index contributed by atoms with van der Waals surface area (Å²) in [5.74, 6) is -0.404. The van der Waals surface area contributed by atoms with Gasteiger partial charge >= 0.3 is 0 Å². The minimum absolute atomic E-state index is 0.152. The molecule has 0 amide bonds. The Morgan fingerprint density at radius 3 is 2.21 bits per heavy atom. The van der Waals surface area contributed by atoms with Crippen LogP contribution in [0.25, 0.3) is 0 Å². The normalized spacial score (nSPS) is 9.57. The van der Waals surface area contributed by atoms with Gasteiger partial charge in [0.05, 0.1) is 28.1 Å². The zero-order valence-corrected chi connectivity index (χ0v) is 9.12. The van der Waals surface area contributed by atoms with Gasteiger partial charge in [-0.25, -0.2) is 0 Å². The molecule has 0 saturated carbocycles. The quantitative estimate of drug-likeness (QED) is 0.748. The summed E-state index contributed by atoms with van der Waals surface area (Å²) in [7, 11) is 0. The van der Waals surface area contributed by atoms with Crippen molar-refractivity contribution in [2.45, 2.75) is 6.42 Å². The Kier molecular flexibility index (Phi) is 3.77. The molecule has 0 aliphatic carbocycles. The first kappa shape index (κ1) is 11.3. The lowest BCUT2D eigenvalue weighted by Crippen LogP contribution is -1.99. The predicted octanol–water partition coefficient (Wildman–Crippen LogP) is 3.74. The highest BCUT2D eigenvalue weighted by Gasteiger charge is 2.15. The third-order valence-corrected chi connectivity index (χ3v) is 2.34. The molecule has 0 heterocycles. The Bertz CT molecular complexity index is 400. The van der Waals surface area contributed by atoms with Crippen molar-refractivity contribution in [2.24, 2.45) is 0 Å². The van der Waals surface area contributed by atoms with E-state index in [0.717, 1.165) is 0 Å². The number of ketones is 1. The number of carbonyl (C=O) groups excluding carboxylic acids is 1. The van der Waals surface area contributed by atoms with Crippen molar-refractivity contribution in [2.75, 3.05) is 0 Å². The van der Waals surface area contributed by atoms with Gasteiger partial charge in [-0.1, -0.05) is 34.8 Å². The van der Waals surface area contributed by atoms with Crippen LogP contribution in [0.4, 0.5) is 0 Å². The summed E-state index contributed by atoms with van der Waals surface area (Å²) in [4.78, 5) is 11.4. The molecule has 0 saturated heterocycles. The fourth-order valence-corrected chi connectivity index (χ4v) is 2.00. The molecule has 0 atom stereocenters. The molecule has 14 heavy (non-hydrogen) atoms. The van der Waals surface area contributed by atoms with Crippen molar-refractivity contribution in [1.82, 2.24) is 0 Å². The fourth-order valence-electron chi connectivity index (χ4n) is 0.969. The first-order valence-electron chi connectivity index (χ1n) is 3.61. The number of Topliss-reactive ketones (excluding diaryl/α,β-unsaturated/α-hetero) is 1. The second-order valence-corrected chi connectivity index (χ2v) is 3.75. The molecule has 0 unspecified atom stereocenters. The summed E-state index contributed by atoms with van der Waals surface area (Å²) in [6.45, 7) is 0. The molecule has 0 radical (unpaired) electrons. The van der Waals surface area contributed by atoms with Crippen LogP contribution in [0.2, 0.25) is 15.1 Å². The van der Waals surface area contributed by atoms with Gasteiger partial charge in [-0.05, 0) is 12.1 Å². The van der Waals surface area contributed by atoms with Crippen LogP contribution in [-0.2, 0) is 0 Å². The zero-order valence-electron chi connectivity index (χ0n) is 6.85. The maximum absolute atomic E-state index is 11.4. The lowest BCUT2D eigenvalue weighted by atomic mass is 10.1. The highest BCUT2D eigenvalue weighted by molar-refractivity contribution is 6.42. The minimum Gasteiger partial charge on any atom is -0.293 e. The molecule has 1 aromatic carbocycles. The van der Waals surface area contributed by atoms with Crippen LogP contribution in [0.5, 0.6) is 0 Å². The molecule has 1 aromatic rings. The van der Waals surface area contributed by atoms with Crippen LogP contribution in [0.15, 0.2) is 12.1 Å². The molecule has 0 aromatic heterocycles. The molecule has 2 nitrogen and oxygen atoms in total. The molecule has 0 spiro atoms. The molecular weight excluding hydrogens is 244 g/mol. The molecule has 0 fully saturated rings. The van der Waals surface area contributed by atoms with E-state index in [2.05, 4.69) is 0 Å². The van der Waals surface area contributed by atoms with Crippen LogP contribution in [0.3, 0.4) is 0 Å². The summed E-state index contributed by atoms with van der Waals surface area (Å²) in [5, 5.41) is 9.04. The maximum atomic E-state index is 11.4. The average Bonchev–Trinajstić information content (AvgIpc) is 2.01. The van der Waals surface area contributed by atoms with E-state index in [-0.39, 0.29) is 22.0 Å². The minimum atomic E-state index is -0.404. The number of benzene rings is 1. The zero-order chi connectivity index (χ0) is 10.7. The van der Waals surface area contributed by atoms with Crippen LogP contribution in [-0.4, -0.2) is 5.78 Å². The van der Waals surface area contributed by atoms with E-state index in [1.165, 1.54) is 12.1 Å². The molecule has 1 rings (SSSR count). The first-order chi connectivity index (χ1) is 6.56. The lowest BCUT2D eigenvalue weighted by Gasteiger charge is -2.03. The third kappa shape index (κ3) is 2.39. The number of carbonyl (C=O) groups is 1. The second kappa shape index (κ2) is 4.65. The molecule has 5 heteroatoms. The Hall–Kier alpha value is -0.750. The number of hydrogen-bond donors (Lipinski definition) is 0. The van der Waals surface area contributed by atoms with Crippen molar-refractivity contribution in [3.63, 3.8) is 0 Å². The monoisotopic (exact) mass is 247 g/mol. The van der Waals surface area contributed by atoms with Crippen LogP contribution in [0.1, 0.15) is 16.8 Å². The number of halogens is 3. The topological polar surface area (TPSA) is 40.9 Å². The van der Waals surface area contributed by atoms with Crippen LogP contribution < -0.4 is 0 Å². The summed E-state index contributed by atoms with van der Waals surface area (Å²) in [5.41, 5.74) is 0.152. The Morgan fingerprint density at radius 2 is 1.79 bits per heavy atom. The van der Waals surface area contributed by atoms with Crippen molar-refractivity contribution in [3.8, 4) is 6.07 Å². The summed E-state index contributed by atoms with van der Waals surface area (Å²) >= 11 is 17.2. The molecular formula is C9H4Cl3NO. The van der Waals surface area contributed by atoms with Crippen LogP contribution in [0, 0.1) is 11.3 Å². The Morgan fingerprint density at radius 1 is 1.29 bits per heavy atom. The van der Waals surface area contributed by atoms with Gasteiger partial charge in [0.1, 0.15) is 0 Å². The third-order valence-electron chi connectivity index (χ3n) is 1.53. The van der Waals surface area contributed by atoms with Gasteiger partial charge in [0.25, 0.3) is 0 Å². The molecule has 72 valence electrons. The van der Waals surface area contributed by atoms with Gasteiger partial charge in [-0.3, -0.25) is 4.79 Å². The summed E-state index contributed by atoms with van der Waals surface area (Å²) in [6.07, 6.45) is -0.249. The van der Waals surface area contributed by atoms with Crippen molar-refractivity contribution in [1.29, 1.82) is 5.26 Å². The van der Waals surface area contributed by atoms with Gasteiger partial charge in [-0.2, -0.15) is 5.26 Å². The van der Waals surface area contributed by atoms with E-state index < -0.39 is 5.78 Å². The van der Waals surface area contributed by atoms with Gasteiger partial charge in [0, 0.05) is 5.02 Å². The van der Waals surface area contributed by atoms with Crippen molar-refractivity contribution < 1.29 is 4.79 Å².